The molecule has 0 bridgehead atoms. The van der Waals surface area contributed by atoms with Gasteiger partial charge < -0.3 is 15.4 Å². The summed E-state index contributed by atoms with van der Waals surface area (Å²) >= 11 is 1.52. The lowest BCUT2D eigenvalue weighted by atomic mass is 10.1. The van der Waals surface area contributed by atoms with Gasteiger partial charge in [-0.2, -0.15) is 11.8 Å². The Labute approximate surface area is 169 Å². The number of hydrogen-bond donors (Lipinski definition) is 3. The SMILES string of the molecule is CSCC[C@H](NC(=O)c1ccccc1)C(=O)OCC(=O)NC(=O)NC(C)(C)C. The molecule has 1 aromatic carbocycles. The molecule has 0 spiro atoms. The third kappa shape index (κ3) is 9.40. The fraction of sp³-hybridized carbons (Fsp3) is 0.474. The van der Waals surface area contributed by atoms with Crippen molar-refractivity contribution < 1.29 is 23.9 Å². The van der Waals surface area contributed by atoms with Crippen LogP contribution in [0.25, 0.3) is 0 Å². The van der Waals surface area contributed by atoms with Crippen LogP contribution in [0.2, 0.25) is 0 Å². The molecule has 1 rings (SSSR count). The number of amides is 4. The van der Waals surface area contributed by atoms with Crippen LogP contribution in [0.3, 0.4) is 0 Å². The molecule has 0 aliphatic carbocycles. The van der Waals surface area contributed by atoms with Gasteiger partial charge in [-0.3, -0.25) is 14.9 Å². The molecule has 4 amide bonds. The van der Waals surface area contributed by atoms with E-state index in [1.54, 1.807) is 51.1 Å². The number of ether oxygens (including phenoxy) is 1. The maximum atomic E-state index is 12.3. The number of rotatable bonds is 8. The minimum absolute atomic E-state index is 0.352. The Hall–Kier alpha value is -2.55. The second-order valence-corrected chi connectivity index (χ2v) is 8.02. The van der Waals surface area contributed by atoms with E-state index in [1.807, 2.05) is 6.26 Å². The molecule has 0 radical (unpaired) electrons. The fourth-order valence-electron chi connectivity index (χ4n) is 2.09. The minimum Gasteiger partial charge on any atom is -0.454 e. The predicted octanol–water partition coefficient (Wildman–Crippen LogP) is 1.71. The number of nitrogens with one attached hydrogen (secondary N) is 3. The van der Waals surface area contributed by atoms with Crippen molar-refractivity contribution >= 4 is 35.6 Å². The highest BCUT2D eigenvalue weighted by Crippen LogP contribution is 2.06. The predicted molar refractivity (Wildman–Crippen MR) is 108 cm³/mol. The zero-order valence-electron chi connectivity index (χ0n) is 16.5. The topological polar surface area (TPSA) is 114 Å². The molecule has 0 aliphatic rings. The zero-order valence-corrected chi connectivity index (χ0v) is 17.4. The first-order chi connectivity index (χ1) is 13.1. The number of esters is 1. The van der Waals surface area contributed by atoms with E-state index in [0.717, 1.165) is 0 Å². The van der Waals surface area contributed by atoms with Gasteiger partial charge in [-0.15, -0.1) is 0 Å². The monoisotopic (exact) mass is 409 g/mol. The molecule has 0 aromatic heterocycles. The number of carbonyl (C=O) groups is 4. The largest absolute Gasteiger partial charge is 0.454 e. The van der Waals surface area contributed by atoms with Crippen LogP contribution in [-0.4, -0.2) is 54.0 Å². The molecule has 0 fully saturated rings. The van der Waals surface area contributed by atoms with Gasteiger partial charge in [-0.1, -0.05) is 18.2 Å². The smallest absolute Gasteiger partial charge is 0.329 e. The van der Waals surface area contributed by atoms with Crippen molar-refractivity contribution in [2.75, 3.05) is 18.6 Å². The van der Waals surface area contributed by atoms with Crippen LogP contribution < -0.4 is 16.0 Å². The van der Waals surface area contributed by atoms with Crippen molar-refractivity contribution in [2.24, 2.45) is 0 Å². The molecule has 8 nitrogen and oxygen atoms in total. The van der Waals surface area contributed by atoms with E-state index >= 15 is 0 Å². The van der Waals surface area contributed by atoms with Gasteiger partial charge in [-0.25, -0.2) is 9.59 Å². The maximum absolute atomic E-state index is 12.3. The molecule has 0 saturated heterocycles. The number of thioether (sulfide) groups is 1. The van der Waals surface area contributed by atoms with E-state index in [2.05, 4.69) is 16.0 Å². The Morgan fingerprint density at radius 3 is 2.32 bits per heavy atom. The Kier molecular flexibility index (Phi) is 9.50. The van der Waals surface area contributed by atoms with Crippen molar-refractivity contribution in [1.82, 2.24) is 16.0 Å². The van der Waals surface area contributed by atoms with E-state index in [9.17, 15) is 19.2 Å². The van der Waals surface area contributed by atoms with Crippen molar-refractivity contribution in [3.05, 3.63) is 35.9 Å². The van der Waals surface area contributed by atoms with Crippen molar-refractivity contribution in [3.63, 3.8) is 0 Å². The third-order valence-electron chi connectivity index (χ3n) is 3.32. The lowest BCUT2D eigenvalue weighted by Crippen LogP contribution is -2.49. The standard InChI is InChI=1S/C19H27N3O5S/c1-19(2,3)22-18(26)21-15(23)12-27-17(25)14(10-11-28-4)20-16(24)13-8-6-5-7-9-13/h5-9,14H,10-12H2,1-4H3,(H,20,24)(H2,21,22,23,26)/t14-/m0/s1. The maximum Gasteiger partial charge on any atom is 0.329 e. The second-order valence-electron chi connectivity index (χ2n) is 7.03. The van der Waals surface area contributed by atoms with Crippen LogP contribution in [0.1, 0.15) is 37.6 Å². The van der Waals surface area contributed by atoms with E-state index in [1.165, 1.54) is 11.8 Å². The Balaban J connectivity index is 2.58. The fourth-order valence-corrected chi connectivity index (χ4v) is 2.56. The van der Waals surface area contributed by atoms with E-state index < -0.39 is 42.0 Å². The first-order valence-corrected chi connectivity index (χ1v) is 10.1. The molecule has 1 aromatic rings. The van der Waals surface area contributed by atoms with Crippen molar-refractivity contribution in [2.45, 2.75) is 38.8 Å². The van der Waals surface area contributed by atoms with Crippen molar-refractivity contribution in [3.8, 4) is 0 Å². The molecule has 28 heavy (non-hydrogen) atoms. The van der Waals surface area contributed by atoms with Gasteiger partial charge in [0, 0.05) is 11.1 Å². The average molecular weight is 410 g/mol. The van der Waals surface area contributed by atoms with Crippen LogP contribution in [0.4, 0.5) is 4.79 Å². The average Bonchev–Trinajstić information content (AvgIpc) is 2.62. The van der Waals surface area contributed by atoms with Gasteiger partial charge in [0.05, 0.1) is 0 Å². The normalized spacial score (nSPS) is 11.9. The van der Waals surface area contributed by atoms with Gasteiger partial charge in [0.25, 0.3) is 11.8 Å². The molecule has 154 valence electrons. The van der Waals surface area contributed by atoms with Crippen LogP contribution in [0.5, 0.6) is 0 Å². The summed E-state index contributed by atoms with van der Waals surface area (Å²) in [5, 5.41) is 7.27. The van der Waals surface area contributed by atoms with Crippen LogP contribution >= 0.6 is 11.8 Å². The highest BCUT2D eigenvalue weighted by molar-refractivity contribution is 7.98. The third-order valence-corrected chi connectivity index (χ3v) is 3.97. The van der Waals surface area contributed by atoms with E-state index in [4.69, 9.17) is 4.74 Å². The second kappa shape index (κ2) is 11.3. The van der Waals surface area contributed by atoms with E-state index in [-0.39, 0.29) is 0 Å². The van der Waals surface area contributed by atoms with Crippen LogP contribution in [0.15, 0.2) is 30.3 Å². The molecular weight excluding hydrogens is 382 g/mol. The summed E-state index contributed by atoms with van der Waals surface area (Å²) in [6.07, 6.45) is 2.23. The van der Waals surface area contributed by atoms with Gasteiger partial charge in [0.15, 0.2) is 6.61 Å². The summed E-state index contributed by atoms with van der Waals surface area (Å²) in [7, 11) is 0. The van der Waals surface area contributed by atoms with Gasteiger partial charge in [0.1, 0.15) is 6.04 Å². The van der Waals surface area contributed by atoms with Crippen LogP contribution in [0, 0.1) is 0 Å². The summed E-state index contributed by atoms with van der Waals surface area (Å²) < 4.78 is 4.98. The molecule has 0 unspecified atom stereocenters. The Morgan fingerprint density at radius 2 is 1.75 bits per heavy atom. The lowest BCUT2D eigenvalue weighted by molar-refractivity contribution is -0.150. The first kappa shape index (κ1) is 23.5. The summed E-state index contributed by atoms with van der Waals surface area (Å²) in [6, 6.07) is 6.92. The number of hydrogen-bond acceptors (Lipinski definition) is 6. The Bertz CT molecular complexity index is 689. The van der Waals surface area contributed by atoms with Gasteiger partial charge in [-0.05, 0) is 51.3 Å². The molecule has 3 N–H and O–H groups in total. The molecule has 0 aliphatic heterocycles. The summed E-state index contributed by atoms with van der Waals surface area (Å²) in [4.78, 5) is 48.0. The van der Waals surface area contributed by atoms with Gasteiger partial charge >= 0.3 is 12.0 Å². The highest BCUT2D eigenvalue weighted by Gasteiger charge is 2.24. The van der Waals surface area contributed by atoms with Crippen LogP contribution in [-0.2, 0) is 14.3 Å². The van der Waals surface area contributed by atoms with Crippen molar-refractivity contribution in [1.29, 1.82) is 0 Å². The Morgan fingerprint density at radius 1 is 1.11 bits per heavy atom. The molecular formula is C19H27N3O5S. The molecule has 0 saturated carbocycles. The first-order valence-electron chi connectivity index (χ1n) is 8.76. The number of imide groups is 1. The summed E-state index contributed by atoms with van der Waals surface area (Å²) in [6.45, 7) is 4.68. The van der Waals surface area contributed by atoms with E-state index in [0.29, 0.717) is 17.7 Å². The number of carbonyl (C=O) groups excluding carboxylic acids is 4. The molecule has 1 atom stereocenters. The molecule has 9 heteroatoms. The zero-order chi connectivity index (χ0) is 21.2. The number of benzene rings is 1. The summed E-state index contributed by atoms with van der Waals surface area (Å²) in [5.74, 6) is -1.27. The lowest BCUT2D eigenvalue weighted by Gasteiger charge is -2.20. The summed E-state index contributed by atoms with van der Waals surface area (Å²) in [5.41, 5.74) is -0.0906. The van der Waals surface area contributed by atoms with Gasteiger partial charge in [0.2, 0.25) is 0 Å². The quantitative estimate of drug-likeness (QED) is 0.563. The highest BCUT2D eigenvalue weighted by atomic mass is 32.2. The number of urea groups is 1. The minimum atomic E-state index is -0.892. The molecule has 0 heterocycles.